The smallest absolute Gasteiger partial charge is 0.250 e. The fraction of sp³-hybridized carbons (Fsp3) is 0.118. The second-order valence-electron chi connectivity index (χ2n) is 5.34. The van der Waals surface area contributed by atoms with Crippen molar-refractivity contribution in [3.05, 3.63) is 65.2 Å². The zero-order valence-corrected chi connectivity index (χ0v) is 15.2. The molecule has 1 N–H and O–H groups in total. The average Bonchev–Trinajstić information content (AvgIpc) is 2.56. The Morgan fingerprint density at radius 1 is 1.08 bits per heavy atom. The first-order chi connectivity index (χ1) is 11.8. The molecule has 1 aromatic heterocycles. The molecule has 1 heterocycles. The minimum atomic E-state index is -1.75. The average molecular weight is 398 g/mol. The van der Waals surface area contributed by atoms with Gasteiger partial charge in [0, 0.05) is 5.39 Å². The van der Waals surface area contributed by atoms with E-state index in [1.165, 1.54) is 18.3 Å². The number of hydrogen-bond acceptors (Lipinski definition) is 4. The van der Waals surface area contributed by atoms with Gasteiger partial charge < -0.3 is 0 Å². The number of nitrogens with zero attached hydrogens (tertiary/aromatic N) is 3. The zero-order valence-electron chi connectivity index (χ0n) is 13.0. The first kappa shape index (κ1) is 17.9. The summed E-state index contributed by atoms with van der Waals surface area (Å²) >= 11 is 17.7. The van der Waals surface area contributed by atoms with Crippen molar-refractivity contribution in [1.29, 1.82) is 0 Å². The van der Waals surface area contributed by atoms with Gasteiger partial charge in [-0.15, -0.1) is 0 Å². The van der Waals surface area contributed by atoms with Crippen LogP contribution in [-0.2, 0) is 3.79 Å². The maximum Gasteiger partial charge on any atom is 0.250 e. The summed E-state index contributed by atoms with van der Waals surface area (Å²) in [5.74, 6) is 0.149. The zero-order chi connectivity index (χ0) is 18.0. The van der Waals surface area contributed by atoms with Crippen LogP contribution in [0.25, 0.3) is 10.9 Å². The Morgan fingerprint density at radius 2 is 1.80 bits per heavy atom. The van der Waals surface area contributed by atoms with Crippen molar-refractivity contribution in [2.45, 2.75) is 10.7 Å². The summed E-state index contributed by atoms with van der Waals surface area (Å²) in [4.78, 5) is 8.55. The van der Waals surface area contributed by atoms with E-state index in [-0.39, 0.29) is 11.6 Å². The van der Waals surface area contributed by atoms with Gasteiger partial charge in [-0.25, -0.2) is 14.4 Å². The Kier molecular flexibility index (Phi) is 5.08. The Labute approximate surface area is 158 Å². The van der Waals surface area contributed by atoms with E-state index >= 15 is 0 Å². The van der Waals surface area contributed by atoms with Gasteiger partial charge in [0.05, 0.1) is 11.7 Å². The lowest BCUT2D eigenvalue weighted by Gasteiger charge is -2.13. The number of benzene rings is 2. The van der Waals surface area contributed by atoms with Crippen molar-refractivity contribution in [2.75, 3.05) is 5.43 Å². The number of hydrogen-bond donors (Lipinski definition) is 1. The summed E-state index contributed by atoms with van der Waals surface area (Å²) in [5, 5.41) is 4.87. The minimum absolute atomic E-state index is 0.0494. The molecular formula is C17H12Cl3FN4. The highest BCUT2D eigenvalue weighted by Crippen LogP contribution is 2.37. The van der Waals surface area contributed by atoms with Crippen LogP contribution in [0.2, 0.25) is 0 Å². The molecule has 0 aliphatic heterocycles. The van der Waals surface area contributed by atoms with Gasteiger partial charge in [0.25, 0.3) is 0 Å². The van der Waals surface area contributed by atoms with Crippen LogP contribution in [0.3, 0.4) is 0 Å². The summed E-state index contributed by atoms with van der Waals surface area (Å²) < 4.78 is 11.2. The number of fused-ring (bicyclic) bond motifs is 1. The molecule has 0 saturated heterocycles. The molecule has 0 aliphatic rings. The van der Waals surface area contributed by atoms with Crippen molar-refractivity contribution in [2.24, 2.45) is 5.10 Å². The van der Waals surface area contributed by atoms with Crippen LogP contribution in [0.5, 0.6) is 0 Å². The van der Waals surface area contributed by atoms with Gasteiger partial charge in [-0.1, -0.05) is 58.6 Å². The van der Waals surface area contributed by atoms with Gasteiger partial charge in [0.1, 0.15) is 5.82 Å². The quantitative estimate of drug-likeness (QED) is 0.368. The van der Waals surface area contributed by atoms with Gasteiger partial charge in [-0.3, -0.25) is 5.43 Å². The van der Waals surface area contributed by atoms with Crippen molar-refractivity contribution in [1.82, 2.24) is 9.97 Å². The number of rotatable bonds is 3. The van der Waals surface area contributed by atoms with E-state index < -0.39 is 3.79 Å². The molecule has 25 heavy (non-hydrogen) atoms. The molecule has 3 rings (SSSR count). The maximum atomic E-state index is 12.9. The van der Waals surface area contributed by atoms with Gasteiger partial charge in [0.2, 0.25) is 3.79 Å². The van der Waals surface area contributed by atoms with E-state index in [1.54, 1.807) is 12.1 Å². The topological polar surface area (TPSA) is 50.2 Å². The summed E-state index contributed by atoms with van der Waals surface area (Å²) in [7, 11) is 0. The van der Waals surface area contributed by atoms with Crippen molar-refractivity contribution >= 4 is 57.7 Å². The summed E-state index contributed by atoms with van der Waals surface area (Å²) in [6.07, 6.45) is 1.54. The molecule has 0 radical (unpaired) electrons. The van der Waals surface area contributed by atoms with Gasteiger partial charge in [-0.05, 0) is 36.8 Å². The Morgan fingerprint density at radius 3 is 2.48 bits per heavy atom. The highest BCUT2D eigenvalue weighted by molar-refractivity contribution is 6.66. The normalized spacial score (nSPS) is 12.0. The molecule has 2 aromatic carbocycles. The number of nitrogens with one attached hydrogen (secondary N) is 1. The lowest BCUT2D eigenvalue weighted by molar-refractivity contribution is 0.628. The van der Waals surface area contributed by atoms with Crippen LogP contribution in [0.1, 0.15) is 17.0 Å². The Balaban J connectivity index is 1.98. The van der Waals surface area contributed by atoms with Crippen LogP contribution in [0.15, 0.2) is 47.6 Å². The molecule has 0 atom stereocenters. The third-order valence-electron chi connectivity index (χ3n) is 3.36. The second-order valence-corrected chi connectivity index (χ2v) is 7.62. The number of anilines is 1. The van der Waals surface area contributed by atoms with E-state index in [0.717, 1.165) is 16.5 Å². The van der Waals surface area contributed by atoms with Gasteiger partial charge in [0.15, 0.2) is 11.6 Å². The molecular weight excluding hydrogens is 386 g/mol. The number of halogens is 4. The highest BCUT2D eigenvalue weighted by Gasteiger charge is 2.28. The fourth-order valence-corrected chi connectivity index (χ4v) is 2.42. The van der Waals surface area contributed by atoms with Gasteiger partial charge in [-0.2, -0.15) is 5.10 Å². The van der Waals surface area contributed by atoms with Crippen LogP contribution >= 0.6 is 34.8 Å². The SMILES string of the molecule is Cc1ccc2nc(C(Cl)(Cl)Cl)nc(N/N=C\c3ccc(F)cc3)c2c1. The van der Waals surface area contributed by atoms with E-state index in [1.807, 2.05) is 25.1 Å². The Bertz CT molecular complexity index is 937. The van der Waals surface area contributed by atoms with E-state index in [4.69, 9.17) is 34.8 Å². The molecule has 3 aromatic rings. The lowest BCUT2D eigenvalue weighted by Crippen LogP contribution is -2.09. The van der Waals surface area contributed by atoms with Crippen LogP contribution in [0, 0.1) is 12.7 Å². The van der Waals surface area contributed by atoms with Crippen LogP contribution in [-0.4, -0.2) is 16.2 Å². The predicted molar refractivity (Wildman–Crippen MR) is 101 cm³/mol. The number of aryl methyl sites for hydroxylation is 1. The third kappa shape index (κ3) is 4.37. The monoisotopic (exact) mass is 396 g/mol. The molecule has 0 saturated carbocycles. The minimum Gasteiger partial charge on any atom is -0.261 e. The van der Waals surface area contributed by atoms with Gasteiger partial charge >= 0.3 is 0 Å². The van der Waals surface area contributed by atoms with Crippen LogP contribution in [0.4, 0.5) is 10.2 Å². The van der Waals surface area contributed by atoms with Crippen molar-refractivity contribution in [3.8, 4) is 0 Å². The maximum absolute atomic E-state index is 12.9. The highest BCUT2D eigenvalue weighted by atomic mass is 35.6. The second kappa shape index (κ2) is 7.12. The number of aromatic nitrogens is 2. The van der Waals surface area contributed by atoms with E-state index in [9.17, 15) is 4.39 Å². The molecule has 128 valence electrons. The standard InChI is InChI=1S/C17H12Cl3FN4/c1-10-2-7-14-13(8-10)15(24-16(23-14)17(18,19)20)25-22-9-11-3-5-12(21)6-4-11/h2-9H,1H3,(H,23,24,25)/b22-9-. The first-order valence-corrected chi connectivity index (χ1v) is 8.36. The van der Waals surface area contributed by atoms with E-state index in [2.05, 4.69) is 20.5 Å². The largest absolute Gasteiger partial charge is 0.261 e. The molecule has 0 bridgehead atoms. The lowest BCUT2D eigenvalue weighted by atomic mass is 10.1. The molecule has 8 heteroatoms. The summed E-state index contributed by atoms with van der Waals surface area (Å²) in [5.41, 5.74) is 5.22. The number of hydrazone groups is 1. The number of alkyl halides is 3. The first-order valence-electron chi connectivity index (χ1n) is 7.23. The molecule has 0 aliphatic carbocycles. The Hall–Kier alpha value is -1.95. The van der Waals surface area contributed by atoms with Crippen molar-refractivity contribution in [3.63, 3.8) is 0 Å². The molecule has 4 nitrogen and oxygen atoms in total. The molecule has 0 unspecified atom stereocenters. The third-order valence-corrected chi connectivity index (χ3v) is 3.87. The van der Waals surface area contributed by atoms with E-state index in [0.29, 0.717) is 11.3 Å². The molecule has 0 amide bonds. The van der Waals surface area contributed by atoms with Crippen LogP contribution < -0.4 is 5.43 Å². The summed E-state index contributed by atoms with van der Waals surface area (Å²) in [6.45, 7) is 1.95. The molecule has 0 fully saturated rings. The molecule has 0 spiro atoms. The van der Waals surface area contributed by atoms with Crippen molar-refractivity contribution < 1.29 is 4.39 Å². The fourth-order valence-electron chi connectivity index (χ4n) is 2.17. The summed E-state index contributed by atoms with van der Waals surface area (Å²) in [6, 6.07) is 11.6. The predicted octanol–water partition coefficient (Wildman–Crippen LogP) is 5.35.